The average Bonchev–Trinajstić information content (AvgIpc) is 2.87. The van der Waals surface area contributed by atoms with E-state index in [0.717, 1.165) is 19.0 Å². The number of rotatable bonds is 5. The molecule has 0 saturated heterocycles. The van der Waals surface area contributed by atoms with Crippen molar-refractivity contribution in [2.75, 3.05) is 6.61 Å². The highest BCUT2D eigenvalue weighted by molar-refractivity contribution is 5.77. The molecule has 0 spiro atoms. The summed E-state index contributed by atoms with van der Waals surface area (Å²) in [5.41, 5.74) is -0.628. The van der Waals surface area contributed by atoms with Crippen LogP contribution in [0.3, 0.4) is 0 Å². The Kier molecular flexibility index (Phi) is 2.80. The molecule has 1 amide bonds. The van der Waals surface area contributed by atoms with Crippen LogP contribution in [0, 0.1) is 10.1 Å². The van der Waals surface area contributed by atoms with Gasteiger partial charge < -0.3 is 10.4 Å². The maximum Gasteiger partial charge on any atom is 0.307 e. The minimum absolute atomic E-state index is 0.0853. The number of hydrogen-bond acceptors (Lipinski definition) is 5. The van der Waals surface area contributed by atoms with Gasteiger partial charge in [0.25, 0.3) is 0 Å². The van der Waals surface area contributed by atoms with Gasteiger partial charge in [-0.05, 0) is 12.8 Å². The van der Waals surface area contributed by atoms with Crippen LogP contribution < -0.4 is 5.32 Å². The predicted molar refractivity (Wildman–Crippen MR) is 56.1 cm³/mol. The Bertz CT molecular complexity index is 452. The minimum Gasteiger partial charge on any atom is -0.394 e. The lowest BCUT2D eigenvalue weighted by Crippen LogP contribution is -2.41. The first-order chi connectivity index (χ1) is 8.04. The van der Waals surface area contributed by atoms with Gasteiger partial charge in [-0.15, -0.1) is 0 Å². The Hall–Kier alpha value is -1.96. The standard InChI is InChI=1S/C9H12N4O4/c14-6-9(1-2-9)11-8(15)5-12-4-7(3-10-12)13(16)17/h3-4,14H,1-2,5-6H2,(H,11,15). The number of carbonyl (C=O) groups excluding carboxylic acids is 1. The van der Waals surface area contributed by atoms with Crippen molar-refractivity contribution in [3.63, 3.8) is 0 Å². The molecule has 17 heavy (non-hydrogen) atoms. The second kappa shape index (κ2) is 4.13. The highest BCUT2D eigenvalue weighted by Gasteiger charge is 2.43. The number of aliphatic hydroxyl groups excluding tert-OH is 1. The molecule has 0 aromatic carbocycles. The summed E-state index contributed by atoms with van der Waals surface area (Å²) in [5.74, 6) is -0.311. The molecule has 1 aromatic heterocycles. The van der Waals surface area contributed by atoms with E-state index in [2.05, 4.69) is 10.4 Å². The van der Waals surface area contributed by atoms with Crippen molar-refractivity contribution in [3.8, 4) is 0 Å². The maximum absolute atomic E-state index is 11.6. The summed E-state index contributed by atoms with van der Waals surface area (Å²) in [5, 5.41) is 25.8. The molecule has 2 rings (SSSR count). The lowest BCUT2D eigenvalue weighted by Gasteiger charge is -2.13. The van der Waals surface area contributed by atoms with Gasteiger partial charge in [0.15, 0.2) is 0 Å². The van der Waals surface area contributed by atoms with Crippen LogP contribution in [0.4, 0.5) is 5.69 Å². The summed E-state index contributed by atoms with van der Waals surface area (Å²) in [6, 6.07) is 0. The Morgan fingerprint density at radius 3 is 2.88 bits per heavy atom. The van der Waals surface area contributed by atoms with E-state index in [9.17, 15) is 14.9 Å². The van der Waals surface area contributed by atoms with E-state index in [0.29, 0.717) is 0 Å². The summed E-state index contributed by atoms with van der Waals surface area (Å²) in [7, 11) is 0. The second-order valence-corrected chi connectivity index (χ2v) is 4.14. The number of carbonyl (C=O) groups is 1. The molecule has 0 aliphatic heterocycles. The summed E-state index contributed by atoms with van der Waals surface area (Å²) < 4.78 is 1.20. The summed E-state index contributed by atoms with van der Waals surface area (Å²) in [4.78, 5) is 21.4. The maximum atomic E-state index is 11.6. The number of nitrogens with one attached hydrogen (secondary N) is 1. The van der Waals surface area contributed by atoms with Crippen LogP contribution in [0.1, 0.15) is 12.8 Å². The smallest absolute Gasteiger partial charge is 0.307 e. The van der Waals surface area contributed by atoms with Gasteiger partial charge in [0, 0.05) is 0 Å². The third kappa shape index (κ3) is 2.59. The Labute approximate surface area is 96.4 Å². The highest BCUT2D eigenvalue weighted by atomic mass is 16.6. The fraction of sp³-hybridized carbons (Fsp3) is 0.556. The molecule has 2 N–H and O–H groups in total. The molecule has 1 fully saturated rings. The van der Waals surface area contributed by atoms with E-state index in [4.69, 9.17) is 5.11 Å². The van der Waals surface area contributed by atoms with Gasteiger partial charge >= 0.3 is 5.69 Å². The molecule has 1 aromatic rings. The molecule has 1 saturated carbocycles. The fourth-order valence-electron chi connectivity index (χ4n) is 1.49. The molecule has 0 unspecified atom stereocenters. The number of aliphatic hydroxyl groups is 1. The Morgan fingerprint density at radius 2 is 2.41 bits per heavy atom. The second-order valence-electron chi connectivity index (χ2n) is 4.14. The van der Waals surface area contributed by atoms with Gasteiger partial charge in [0.05, 0.1) is 17.1 Å². The number of aromatic nitrogens is 2. The largest absolute Gasteiger partial charge is 0.394 e. The van der Waals surface area contributed by atoms with Crippen LogP contribution in [0.25, 0.3) is 0 Å². The van der Waals surface area contributed by atoms with E-state index < -0.39 is 10.5 Å². The molecule has 0 radical (unpaired) electrons. The zero-order chi connectivity index (χ0) is 12.5. The SMILES string of the molecule is O=C(Cn1cc([N+](=O)[O-])cn1)NC1(CO)CC1. The van der Waals surface area contributed by atoms with Crippen LogP contribution in [-0.2, 0) is 11.3 Å². The first-order valence-electron chi connectivity index (χ1n) is 5.13. The zero-order valence-corrected chi connectivity index (χ0v) is 9.00. The third-order valence-corrected chi connectivity index (χ3v) is 2.70. The van der Waals surface area contributed by atoms with Gasteiger partial charge in [-0.2, -0.15) is 5.10 Å². The molecule has 8 heteroatoms. The van der Waals surface area contributed by atoms with Gasteiger partial charge in [0.1, 0.15) is 18.9 Å². The molecule has 1 aliphatic carbocycles. The van der Waals surface area contributed by atoms with Crippen molar-refractivity contribution in [3.05, 3.63) is 22.5 Å². The molecule has 8 nitrogen and oxygen atoms in total. The minimum atomic E-state index is -0.572. The molecular formula is C9H12N4O4. The topological polar surface area (TPSA) is 110 Å². The number of nitrogens with zero attached hydrogens (tertiary/aromatic N) is 3. The average molecular weight is 240 g/mol. The van der Waals surface area contributed by atoms with E-state index in [1.807, 2.05) is 0 Å². The molecule has 0 atom stereocenters. The third-order valence-electron chi connectivity index (χ3n) is 2.70. The zero-order valence-electron chi connectivity index (χ0n) is 9.00. The van der Waals surface area contributed by atoms with Crippen molar-refractivity contribution in [2.24, 2.45) is 0 Å². The molecule has 0 bridgehead atoms. The van der Waals surface area contributed by atoms with Crippen molar-refractivity contribution >= 4 is 11.6 Å². The number of amides is 1. The van der Waals surface area contributed by atoms with Crippen LogP contribution in [0.15, 0.2) is 12.4 Å². The van der Waals surface area contributed by atoms with Crippen molar-refractivity contribution in [2.45, 2.75) is 24.9 Å². The Balaban J connectivity index is 1.91. The van der Waals surface area contributed by atoms with Crippen LogP contribution in [-0.4, -0.2) is 37.9 Å². The summed E-state index contributed by atoms with van der Waals surface area (Å²) >= 11 is 0. The lowest BCUT2D eigenvalue weighted by molar-refractivity contribution is -0.385. The molecular weight excluding hydrogens is 228 g/mol. The fourth-order valence-corrected chi connectivity index (χ4v) is 1.49. The van der Waals surface area contributed by atoms with E-state index >= 15 is 0 Å². The molecule has 1 heterocycles. The normalized spacial score (nSPS) is 16.5. The van der Waals surface area contributed by atoms with Gasteiger partial charge in [-0.1, -0.05) is 0 Å². The van der Waals surface area contributed by atoms with Gasteiger partial charge in [-0.25, -0.2) is 0 Å². The van der Waals surface area contributed by atoms with Crippen molar-refractivity contribution in [1.29, 1.82) is 0 Å². The highest BCUT2D eigenvalue weighted by Crippen LogP contribution is 2.34. The number of nitro groups is 1. The van der Waals surface area contributed by atoms with E-state index in [-0.39, 0.29) is 24.7 Å². The Morgan fingerprint density at radius 1 is 1.71 bits per heavy atom. The van der Waals surface area contributed by atoms with Gasteiger partial charge in [0.2, 0.25) is 5.91 Å². The van der Waals surface area contributed by atoms with Crippen LogP contribution in [0.2, 0.25) is 0 Å². The summed E-state index contributed by atoms with van der Waals surface area (Å²) in [6.45, 7) is -0.173. The molecule has 92 valence electrons. The van der Waals surface area contributed by atoms with Crippen molar-refractivity contribution in [1.82, 2.24) is 15.1 Å². The van der Waals surface area contributed by atoms with Crippen LogP contribution in [0.5, 0.6) is 0 Å². The predicted octanol–water partition coefficient (Wildman–Crippen LogP) is -0.568. The molecule has 1 aliphatic rings. The first-order valence-corrected chi connectivity index (χ1v) is 5.13. The van der Waals surface area contributed by atoms with Crippen molar-refractivity contribution < 1.29 is 14.8 Å². The van der Waals surface area contributed by atoms with Crippen LogP contribution >= 0.6 is 0 Å². The monoisotopic (exact) mass is 240 g/mol. The summed E-state index contributed by atoms with van der Waals surface area (Å²) in [6.07, 6.45) is 3.80. The van der Waals surface area contributed by atoms with Gasteiger partial charge in [-0.3, -0.25) is 19.6 Å². The van der Waals surface area contributed by atoms with E-state index in [1.165, 1.54) is 10.9 Å². The van der Waals surface area contributed by atoms with E-state index in [1.54, 1.807) is 0 Å². The lowest BCUT2D eigenvalue weighted by atomic mass is 10.3. The number of hydrogen-bond donors (Lipinski definition) is 2. The quantitative estimate of drug-likeness (QED) is 0.529. The first kappa shape index (κ1) is 11.5.